The van der Waals surface area contributed by atoms with Crippen LogP contribution in [0.4, 0.5) is 0 Å². The lowest BCUT2D eigenvalue weighted by atomic mass is 9.80. The summed E-state index contributed by atoms with van der Waals surface area (Å²) >= 11 is 0. The third kappa shape index (κ3) is 6.81. The number of nitrogens with zero attached hydrogens (tertiary/aromatic N) is 7. The van der Waals surface area contributed by atoms with Gasteiger partial charge in [-0.05, 0) is 63.7 Å². The molecule has 330 valence electrons. The van der Waals surface area contributed by atoms with Crippen LogP contribution in [0.25, 0.3) is 118 Å². The maximum Gasteiger partial charge on any atom is 0.164 e. The van der Waals surface area contributed by atoms with Crippen LogP contribution in [0.15, 0.2) is 224 Å². The van der Waals surface area contributed by atoms with Crippen LogP contribution in [0, 0.1) is 0 Å². The molecule has 0 atom stereocenters. The number of hydrogen-bond donors (Lipinski definition) is 0. The third-order valence-electron chi connectivity index (χ3n) is 13.7. The van der Waals surface area contributed by atoms with Gasteiger partial charge < -0.3 is 4.57 Å². The summed E-state index contributed by atoms with van der Waals surface area (Å²) in [6.07, 6.45) is 0. The van der Waals surface area contributed by atoms with Gasteiger partial charge in [0.25, 0.3) is 0 Å². The highest BCUT2D eigenvalue weighted by Crippen LogP contribution is 2.52. The fourth-order valence-electron chi connectivity index (χ4n) is 10.5. The summed E-state index contributed by atoms with van der Waals surface area (Å²) in [6.45, 7) is 4.60. The standard InChI is InChI=1S/C63H43N7/c1-63(2)52-34-17-15-29-46(52)48-32-19-33-50(56(48)63)61-66-59(42-25-11-5-12-26-42)65-60(69-61)43-37-38-45(47-31-20-36-54-55(47)49-30-16-18-35-53(49)70(54)44-27-13-6-14-28-44)51(39-43)62-67-57(40-21-7-3-8-22-40)64-58(68-62)41-23-9-4-10-24-41/h3-39H,1-2H3. The smallest absolute Gasteiger partial charge is 0.164 e. The van der Waals surface area contributed by atoms with Crippen molar-refractivity contribution in [2.24, 2.45) is 0 Å². The topological polar surface area (TPSA) is 82.3 Å². The first-order chi connectivity index (χ1) is 34.5. The quantitative estimate of drug-likeness (QED) is 0.151. The summed E-state index contributed by atoms with van der Waals surface area (Å²) in [5.74, 6) is 3.44. The predicted octanol–water partition coefficient (Wildman–Crippen LogP) is 15.1. The second-order valence-electron chi connectivity index (χ2n) is 18.3. The summed E-state index contributed by atoms with van der Waals surface area (Å²) in [5, 5.41) is 2.28. The molecular weight excluding hydrogens is 855 g/mol. The van der Waals surface area contributed by atoms with E-state index in [1.165, 1.54) is 22.3 Å². The van der Waals surface area contributed by atoms with E-state index in [9.17, 15) is 0 Å². The highest BCUT2D eigenvalue weighted by Gasteiger charge is 2.38. The van der Waals surface area contributed by atoms with Gasteiger partial charge in [-0.1, -0.05) is 208 Å². The molecule has 0 amide bonds. The highest BCUT2D eigenvalue weighted by atomic mass is 15.0. The zero-order valence-corrected chi connectivity index (χ0v) is 38.5. The van der Waals surface area contributed by atoms with Gasteiger partial charge in [0.15, 0.2) is 34.9 Å². The van der Waals surface area contributed by atoms with E-state index in [2.05, 4.69) is 164 Å². The minimum Gasteiger partial charge on any atom is -0.309 e. The Morgan fingerprint density at radius 2 is 0.771 bits per heavy atom. The fraction of sp³-hybridized carbons (Fsp3) is 0.0476. The lowest BCUT2D eigenvalue weighted by Gasteiger charge is -2.24. The zero-order chi connectivity index (χ0) is 46.8. The van der Waals surface area contributed by atoms with Gasteiger partial charge in [-0.2, -0.15) is 0 Å². The number of fused-ring (bicyclic) bond motifs is 6. The molecule has 13 rings (SSSR count). The van der Waals surface area contributed by atoms with E-state index in [1.54, 1.807) is 0 Å². The Bertz CT molecular complexity index is 3900. The molecule has 0 saturated heterocycles. The molecule has 0 unspecified atom stereocenters. The second-order valence-corrected chi connectivity index (χ2v) is 18.3. The van der Waals surface area contributed by atoms with E-state index < -0.39 is 0 Å². The molecule has 0 radical (unpaired) electrons. The van der Waals surface area contributed by atoms with Crippen molar-refractivity contribution in [2.75, 3.05) is 0 Å². The van der Waals surface area contributed by atoms with E-state index in [0.717, 1.165) is 72.0 Å². The molecule has 9 aromatic carbocycles. The molecule has 3 heterocycles. The van der Waals surface area contributed by atoms with Gasteiger partial charge in [-0.15, -0.1) is 0 Å². The van der Waals surface area contributed by atoms with Gasteiger partial charge in [0, 0.05) is 55.3 Å². The summed E-state index contributed by atoms with van der Waals surface area (Å²) in [6, 6.07) is 77.9. The van der Waals surface area contributed by atoms with Gasteiger partial charge in [0.1, 0.15) is 0 Å². The number of aromatic nitrogens is 7. The highest BCUT2D eigenvalue weighted by molar-refractivity contribution is 6.16. The number of benzene rings is 9. The maximum atomic E-state index is 5.42. The van der Waals surface area contributed by atoms with Gasteiger partial charge >= 0.3 is 0 Å². The van der Waals surface area contributed by atoms with Gasteiger partial charge in [-0.3, -0.25) is 0 Å². The summed E-state index contributed by atoms with van der Waals surface area (Å²) < 4.78 is 2.35. The first kappa shape index (κ1) is 41.0. The fourth-order valence-corrected chi connectivity index (χ4v) is 10.5. The van der Waals surface area contributed by atoms with Gasteiger partial charge in [-0.25, -0.2) is 29.9 Å². The summed E-state index contributed by atoms with van der Waals surface area (Å²) in [5.41, 5.74) is 15.3. The zero-order valence-electron chi connectivity index (χ0n) is 38.5. The van der Waals surface area contributed by atoms with Crippen LogP contribution >= 0.6 is 0 Å². The average Bonchev–Trinajstić information content (AvgIpc) is 3.90. The Labute approximate surface area is 405 Å². The molecule has 0 bridgehead atoms. The third-order valence-corrected chi connectivity index (χ3v) is 13.7. The minimum absolute atomic E-state index is 0.284. The molecule has 1 aliphatic rings. The summed E-state index contributed by atoms with van der Waals surface area (Å²) in [7, 11) is 0. The van der Waals surface area contributed by atoms with Crippen LogP contribution in [-0.2, 0) is 5.41 Å². The number of hydrogen-bond acceptors (Lipinski definition) is 6. The first-order valence-electron chi connectivity index (χ1n) is 23.6. The average molecular weight is 898 g/mol. The van der Waals surface area contributed by atoms with Crippen LogP contribution in [0.2, 0.25) is 0 Å². The van der Waals surface area contributed by atoms with E-state index in [-0.39, 0.29) is 5.41 Å². The SMILES string of the molecule is CC1(C)c2ccccc2-c2cccc(-c3nc(-c4ccccc4)nc(-c4ccc(-c5cccc6c5c5ccccc5n6-c5ccccc5)c(-c5nc(-c6ccccc6)nc(-c6ccccc6)n5)c4)n3)c21. The summed E-state index contributed by atoms with van der Waals surface area (Å²) in [4.78, 5) is 31.8. The molecule has 0 N–H and O–H groups in total. The lowest BCUT2D eigenvalue weighted by Crippen LogP contribution is -2.17. The predicted molar refractivity (Wildman–Crippen MR) is 283 cm³/mol. The molecule has 7 nitrogen and oxygen atoms in total. The monoisotopic (exact) mass is 897 g/mol. The molecule has 0 fully saturated rings. The lowest BCUT2D eigenvalue weighted by molar-refractivity contribution is 0.661. The normalized spacial score (nSPS) is 12.5. The molecule has 7 heteroatoms. The van der Waals surface area contributed by atoms with Crippen molar-refractivity contribution in [3.8, 4) is 96.3 Å². The van der Waals surface area contributed by atoms with Crippen LogP contribution in [0.3, 0.4) is 0 Å². The largest absolute Gasteiger partial charge is 0.309 e. The van der Waals surface area contributed by atoms with E-state index >= 15 is 0 Å². The van der Waals surface area contributed by atoms with E-state index in [0.29, 0.717) is 34.9 Å². The van der Waals surface area contributed by atoms with Crippen molar-refractivity contribution in [3.63, 3.8) is 0 Å². The van der Waals surface area contributed by atoms with Crippen molar-refractivity contribution in [3.05, 3.63) is 236 Å². The van der Waals surface area contributed by atoms with Crippen molar-refractivity contribution < 1.29 is 0 Å². The van der Waals surface area contributed by atoms with Crippen LogP contribution in [0.1, 0.15) is 25.0 Å². The van der Waals surface area contributed by atoms with Crippen molar-refractivity contribution in [1.82, 2.24) is 34.5 Å². The Kier molecular flexibility index (Phi) is 9.69. The Morgan fingerprint density at radius 1 is 0.314 bits per heavy atom. The molecule has 0 aliphatic heterocycles. The Morgan fingerprint density at radius 3 is 1.41 bits per heavy atom. The Hall–Kier alpha value is -9.20. The van der Waals surface area contributed by atoms with Gasteiger partial charge in [0.05, 0.1) is 11.0 Å². The number of para-hydroxylation sites is 2. The molecule has 1 aliphatic carbocycles. The van der Waals surface area contributed by atoms with Crippen LogP contribution in [-0.4, -0.2) is 34.5 Å². The van der Waals surface area contributed by atoms with Crippen molar-refractivity contribution >= 4 is 21.8 Å². The Balaban J connectivity index is 1.09. The molecule has 70 heavy (non-hydrogen) atoms. The van der Waals surface area contributed by atoms with Crippen molar-refractivity contribution in [1.29, 1.82) is 0 Å². The molecule has 0 spiro atoms. The van der Waals surface area contributed by atoms with Crippen LogP contribution in [0.5, 0.6) is 0 Å². The first-order valence-corrected chi connectivity index (χ1v) is 23.6. The molecular formula is C63H43N7. The molecule has 12 aromatic rings. The second kappa shape index (κ2) is 16.5. The van der Waals surface area contributed by atoms with Crippen molar-refractivity contribution in [2.45, 2.75) is 19.3 Å². The van der Waals surface area contributed by atoms with E-state index in [4.69, 9.17) is 29.9 Å². The van der Waals surface area contributed by atoms with Crippen LogP contribution < -0.4 is 0 Å². The minimum atomic E-state index is -0.284. The molecule has 3 aromatic heterocycles. The molecule has 0 saturated carbocycles. The van der Waals surface area contributed by atoms with Gasteiger partial charge in [0.2, 0.25) is 0 Å². The number of rotatable bonds is 8. The maximum absolute atomic E-state index is 5.42. The van der Waals surface area contributed by atoms with E-state index in [1.807, 2.05) is 78.9 Å².